The van der Waals surface area contributed by atoms with Crippen molar-refractivity contribution in [1.29, 1.82) is 0 Å². The molecule has 0 spiro atoms. The second kappa shape index (κ2) is 9.13. The summed E-state index contributed by atoms with van der Waals surface area (Å²) in [6.45, 7) is 2.24. The summed E-state index contributed by atoms with van der Waals surface area (Å²) in [6, 6.07) is 10.4. The molecule has 2 N–H and O–H groups in total. The van der Waals surface area contributed by atoms with Gasteiger partial charge >= 0.3 is 0 Å². The van der Waals surface area contributed by atoms with Gasteiger partial charge in [-0.25, -0.2) is 0 Å². The minimum atomic E-state index is -0.217. The van der Waals surface area contributed by atoms with Crippen LogP contribution in [0.25, 0.3) is 0 Å². The highest BCUT2D eigenvalue weighted by atomic mass is 35.5. The Morgan fingerprint density at radius 1 is 1.21 bits per heavy atom. The summed E-state index contributed by atoms with van der Waals surface area (Å²) in [7, 11) is 0. The zero-order valence-corrected chi connectivity index (χ0v) is 14.3. The molecular weight excluding hydrogens is 328 g/mol. The van der Waals surface area contributed by atoms with Gasteiger partial charge in [-0.15, -0.1) is 0 Å². The van der Waals surface area contributed by atoms with E-state index in [0.717, 1.165) is 18.6 Å². The molecule has 0 saturated heterocycles. The molecule has 128 valence electrons. The van der Waals surface area contributed by atoms with Crippen LogP contribution in [0.3, 0.4) is 0 Å². The van der Waals surface area contributed by atoms with Gasteiger partial charge in [-0.1, -0.05) is 11.6 Å². The molecule has 0 aliphatic rings. The van der Waals surface area contributed by atoms with Gasteiger partial charge in [0.1, 0.15) is 5.76 Å². The third kappa shape index (κ3) is 6.08. The molecule has 0 saturated carbocycles. The molecular formula is C18H21ClN2O3. The molecule has 1 unspecified atom stereocenters. The van der Waals surface area contributed by atoms with Gasteiger partial charge in [0, 0.05) is 36.0 Å². The largest absolute Gasteiger partial charge is 0.469 e. The number of halogens is 1. The van der Waals surface area contributed by atoms with E-state index in [0.29, 0.717) is 10.6 Å². The van der Waals surface area contributed by atoms with Crippen LogP contribution in [0.5, 0.6) is 0 Å². The van der Waals surface area contributed by atoms with Gasteiger partial charge in [0.25, 0.3) is 5.91 Å². The van der Waals surface area contributed by atoms with Gasteiger partial charge in [-0.2, -0.15) is 0 Å². The molecule has 1 atom stereocenters. The molecule has 0 radical (unpaired) electrons. The summed E-state index contributed by atoms with van der Waals surface area (Å²) in [6.07, 6.45) is 3.46. The van der Waals surface area contributed by atoms with Gasteiger partial charge in [0.15, 0.2) is 0 Å². The number of benzene rings is 1. The fourth-order valence-electron chi connectivity index (χ4n) is 2.23. The van der Waals surface area contributed by atoms with E-state index in [1.54, 1.807) is 30.5 Å². The Morgan fingerprint density at radius 3 is 2.62 bits per heavy atom. The van der Waals surface area contributed by atoms with E-state index in [-0.39, 0.29) is 30.8 Å². The number of hydrogen-bond donors (Lipinski definition) is 2. The standard InChI is InChI=1S/C18H21ClN2O3/c1-13(4-9-16-3-2-12-24-16)21-17(22)10-11-20-18(23)14-5-7-15(19)8-6-14/h2-3,5-8,12-13H,4,9-11H2,1H3,(H,20,23)(H,21,22). The molecule has 1 aromatic carbocycles. The lowest BCUT2D eigenvalue weighted by Crippen LogP contribution is -2.35. The molecule has 5 nitrogen and oxygen atoms in total. The van der Waals surface area contributed by atoms with Crippen molar-refractivity contribution in [3.63, 3.8) is 0 Å². The lowest BCUT2D eigenvalue weighted by molar-refractivity contribution is -0.121. The highest BCUT2D eigenvalue weighted by molar-refractivity contribution is 6.30. The maximum atomic E-state index is 11.9. The number of furan rings is 1. The van der Waals surface area contributed by atoms with Crippen molar-refractivity contribution < 1.29 is 14.0 Å². The fourth-order valence-corrected chi connectivity index (χ4v) is 2.35. The van der Waals surface area contributed by atoms with Crippen LogP contribution in [-0.4, -0.2) is 24.4 Å². The number of hydrogen-bond acceptors (Lipinski definition) is 3. The molecule has 0 bridgehead atoms. The predicted octanol–water partition coefficient (Wildman–Crippen LogP) is 3.19. The van der Waals surface area contributed by atoms with Crippen LogP contribution in [0.15, 0.2) is 47.1 Å². The van der Waals surface area contributed by atoms with E-state index >= 15 is 0 Å². The monoisotopic (exact) mass is 348 g/mol. The second-order valence-corrected chi connectivity index (χ2v) is 6.04. The SMILES string of the molecule is CC(CCc1ccco1)NC(=O)CCNC(=O)c1ccc(Cl)cc1. The molecule has 2 rings (SSSR count). The van der Waals surface area contributed by atoms with E-state index in [4.69, 9.17) is 16.0 Å². The van der Waals surface area contributed by atoms with Crippen LogP contribution in [0.4, 0.5) is 0 Å². The third-order valence-corrected chi connectivity index (χ3v) is 3.81. The number of carbonyl (C=O) groups excluding carboxylic acids is 2. The highest BCUT2D eigenvalue weighted by Crippen LogP contribution is 2.09. The van der Waals surface area contributed by atoms with Gasteiger partial charge in [-0.05, 0) is 49.7 Å². The third-order valence-electron chi connectivity index (χ3n) is 3.56. The summed E-state index contributed by atoms with van der Waals surface area (Å²) < 4.78 is 5.26. The first-order valence-electron chi connectivity index (χ1n) is 7.90. The second-order valence-electron chi connectivity index (χ2n) is 5.60. The first-order chi connectivity index (χ1) is 11.5. The quantitative estimate of drug-likeness (QED) is 0.769. The van der Waals surface area contributed by atoms with Crippen molar-refractivity contribution in [2.45, 2.75) is 32.2 Å². The Morgan fingerprint density at radius 2 is 1.96 bits per heavy atom. The van der Waals surface area contributed by atoms with Gasteiger partial charge in [0.2, 0.25) is 5.91 Å². The molecule has 2 amide bonds. The molecule has 0 aliphatic heterocycles. The maximum Gasteiger partial charge on any atom is 0.251 e. The van der Waals surface area contributed by atoms with Gasteiger partial charge in [0.05, 0.1) is 6.26 Å². The van der Waals surface area contributed by atoms with Crippen LogP contribution in [0, 0.1) is 0 Å². The van der Waals surface area contributed by atoms with E-state index < -0.39 is 0 Å². The van der Waals surface area contributed by atoms with Crippen LogP contribution >= 0.6 is 11.6 Å². The Bertz CT molecular complexity index is 653. The van der Waals surface area contributed by atoms with Crippen LogP contribution in [0.1, 0.15) is 35.9 Å². The highest BCUT2D eigenvalue weighted by Gasteiger charge is 2.10. The number of amides is 2. The number of carbonyl (C=O) groups is 2. The topological polar surface area (TPSA) is 71.3 Å². The van der Waals surface area contributed by atoms with Crippen LogP contribution in [0.2, 0.25) is 5.02 Å². The Balaban J connectivity index is 1.63. The van der Waals surface area contributed by atoms with E-state index in [1.807, 2.05) is 19.1 Å². The number of nitrogens with one attached hydrogen (secondary N) is 2. The molecule has 1 heterocycles. The fraction of sp³-hybridized carbons (Fsp3) is 0.333. The summed E-state index contributed by atoms with van der Waals surface area (Å²) in [5.74, 6) is 0.606. The van der Waals surface area contributed by atoms with Crippen LogP contribution < -0.4 is 10.6 Å². The first kappa shape index (κ1) is 18.1. The molecule has 0 fully saturated rings. The normalized spacial score (nSPS) is 11.8. The zero-order valence-electron chi connectivity index (χ0n) is 13.5. The van der Waals surface area contributed by atoms with Crippen LogP contribution in [-0.2, 0) is 11.2 Å². The van der Waals surface area contributed by atoms with E-state index in [2.05, 4.69) is 10.6 Å². The lowest BCUT2D eigenvalue weighted by Gasteiger charge is -2.13. The molecule has 0 aliphatic carbocycles. The average Bonchev–Trinajstić information content (AvgIpc) is 3.07. The minimum Gasteiger partial charge on any atom is -0.469 e. The minimum absolute atomic E-state index is 0.0505. The maximum absolute atomic E-state index is 11.9. The Labute approximate surface area is 146 Å². The molecule has 2 aromatic rings. The summed E-state index contributed by atoms with van der Waals surface area (Å²) >= 11 is 5.78. The van der Waals surface area contributed by atoms with Crippen molar-refractivity contribution in [2.24, 2.45) is 0 Å². The van der Waals surface area contributed by atoms with Crippen molar-refractivity contribution in [2.75, 3.05) is 6.54 Å². The smallest absolute Gasteiger partial charge is 0.251 e. The summed E-state index contributed by atoms with van der Waals surface area (Å²) in [5, 5.41) is 6.21. The average molecular weight is 349 g/mol. The van der Waals surface area contributed by atoms with Gasteiger partial charge in [-0.3, -0.25) is 9.59 Å². The van der Waals surface area contributed by atoms with Crippen molar-refractivity contribution in [3.05, 3.63) is 59.0 Å². The van der Waals surface area contributed by atoms with Crippen molar-refractivity contribution in [1.82, 2.24) is 10.6 Å². The molecule has 1 aromatic heterocycles. The lowest BCUT2D eigenvalue weighted by atomic mass is 10.1. The van der Waals surface area contributed by atoms with E-state index in [9.17, 15) is 9.59 Å². The Hall–Kier alpha value is -2.27. The van der Waals surface area contributed by atoms with Crippen molar-refractivity contribution >= 4 is 23.4 Å². The van der Waals surface area contributed by atoms with Gasteiger partial charge < -0.3 is 15.1 Å². The van der Waals surface area contributed by atoms with E-state index in [1.165, 1.54) is 0 Å². The number of aryl methyl sites for hydroxylation is 1. The van der Waals surface area contributed by atoms with Crippen molar-refractivity contribution in [3.8, 4) is 0 Å². The number of rotatable bonds is 8. The summed E-state index contributed by atoms with van der Waals surface area (Å²) in [4.78, 5) is 23.8. The first-order valence-corrected chi connectivity index (χ1v) is 8.28. The molecule has 6 heteroatoms. The molecule has 24 heavy (non-hydrogen) atoms. The Kier molecular flexibility index (Phi) is 6.88. The predicted molar refractivity (Wildman–Crippen MR) is 93.0 cm³/mol. The zero-order chi connectivity index (χ0) is 17.4. The summed E-state index contributed by atoms with van der Waals surface area (Å²) in [5.41, 5.74) is 0.520.